The summed E-state index contributed by atoms with van der Waals surface area (Å²) in [5.41, 5.74) is 3.89. The molecular weight excluding hydrogens is 440 g/mol. The molecule has 8 heteroatoms. The number of nitrogens with zero attached hydrogens (tertiary/aromatic N) is 2. The van der Waals surface area contributed by atoms with Gasteiger partial charge in [0.15, 0.2) is 9.84 Å². The SMILES string of the molecule is CCCCn1nc(C)c(C(=O)c2ccc(S(C)(=O)=O)c(C(C)=C(C)C)c2C)c1OC(=O)CC. The topological polar surface area (TPSA) is 95.3 Å². The molecule has 1 aromatic heterocycles. The van der Waals surface area contributed by atoms with E-state index in [4.69, 9.17) is 4.74 Å². The van der Waals surface area contributed by atoms with Crippen molar-refractivity contribution in [2.45, 2.75) is 79.2 Å². The van der Waals surface area contributed by atoms with Crippen molar-refractivity contribution in [2.24, 2.45) is 0 Å². The molecule has 0 N–H and O–H groups in total. The van der Waals surface area contributed by atoms with Crippen LogP contribution in [0.2, 0.25) is 0 Å². The molecule has 0 radical (unpaired) electrons. The van der Waals surface area contributed by atoms with Gasteiger partial charge in [0.25, 0.3) is 0 Å². The lowest BCUT2D eigenvalue weighted by molar-refractivity contribution is -0.134. The average molecular weight is 475 g/mol. The molecule has 2 rings (SSSR count). The number of aromatic nitrogens is 2. The van der Waals surface area contributed by atoms with Gasteiger partial charge in [-0.25, -0.2) is 13.1 Å². The molecule has 2 aromatic rings. The van der Waals surface area contributed by atoms with Gasteiger partial charge < -0.3 is 4.74 Å². The van der Waals surface area contributed by atoms with Crippen LogP contribution in [-0.2, 0) is 21.2 Å². The molecule has 1 aromatic carbocycles. The molecular formula is C25H34N2O5S. The number of hydrogen-bond acceptors (Lipinski definition) is 6. The van der Waals surface area contributed by atoms with E-state index in [1.165, 1.54) is 12.1 Å². The monoisotopic (exact) mass is 474 g/mol. The van der Waals surface area contributed by atoms with E-state index in [1.54, 1.807) is 25.5 Å². The van der Waals surface area contributed by atoms with E-state index < -0.39 is 15.8 Å². The van der Waals surface area contributed by atoms with Gasteiger partial charge in [-0.1, -0.05) is 25.8 Å². The number of ketones is 1. The Hall–Kier alpha value is -2.74. The normalized spacial score (nSPS) is 11.4. The van der Waals surface area contributed by atoms with Gasteiger partial charge >= 0.3 is 5.97 Å². The largest absolute Gasteiger partial charge is 0.407 e. The minimum atomic E-state index is -3.51. The number of rotatable bonds is 9. The molecule has 7 nitrogen and oxygen atoms in total. The van der Waals surface area contributed by atoms with Crippen LogP contribution in [0.3, 0.4) is 0 Å². The summed E-state index contributed by atoms with van der Waals surface area (Å²) in [5.74, 6) is -0.661. The molecule has 180 valence electrons. The molecule has 0 atom stereocenters. The zero-order chi connectivity index (χ0) is 25.1. The Morgan fingerprint density at radius 1 is 1.06 bits per heavy atom. The summed E-state index contributed by atoms with van der Waals surface area (Å²) in [6.07, 6.45) is 3.06. The highest BCUT2D eigenvalue weighted by Gasteiger charge is 2.29. The highest BCUT2D eigenvalue weighted by atomic mass is 32.2. The van der Waals surface area contributed by atoms with Gasteiger partial charge in [-0.15, -0.1) is 0 Å². The van der Waals surface area contributed by atoms with E-state index in [2.05, 4.69) is 5.10 Å². The predicted octanol–water partition coefficient (Wildman–Crippen LogP) is 5.06. The summed E-state index contributed by atoms with van der Waals surface area (Å²) in [6, 6.07) is 3.01. The van der Waals surface area contributed by atoms with Gasteiger partial charge in [0.2, 0.25) is 11.7 Å². The van der Waals surface area contributed by atoms with Crippen molar-refractivity contribution in [1.29, 1.82) is 0 Å². The van der Waals surface area contributed by atoms with Crippen LogP contribution < -0.4 is 4.74 Å². The van der Waals surface area contributed by atoms with E-state index in [9.17, 15) is 18.0 Å². The molecule has 0 saturated carbocycles. The van der Waals surface area contributed by atoms with Gasteiger partial charge in [-0.2, -0.15) is 5.10 Å². The minimum Gasteiger partial charge on any atom is -0.407 e. The molecule has 0 aliphatic heterocycles. The van der Waals surface area contributed by atoms with Crippen LogP contribution in [0.5, 0.6) is 5.88 Å². The zero-order valence-corrected chi connectivity index (χ0v) is 21.6. The molecule has 0 amide bonds. The zero-order valence-electron chi connectivity index (χ0n) is 20.8. The Balaban J connectivity index is 2.79. The molecule has 0 bridgehead atoms. The van der Waals surface area contributed by atoms with E-state index >= 15 is 0 Å². The number of aryl methyl sites for hydroxylation is 2. The average Bonchev–Trinajstić information content (AvgIpc) is 3.04. The smallest absolute Gasteiger partial charge is 0.312 e. The molecule has 0 spiro atoms. The Morgan fingerprint density at radius 3 is 2.21 bits per heavy atom. The van der Waals surface area contributed by atoms with Gasteiger partial charge in [-0.05, 0) is 69.9 Å². The third-order valence-corrected chi connectivity index (χ3v) is 6.87. The van der Waals surface area contributed by atoms with Gasteiger partial charge in [0.1, 0.15) is 5.56 Å². The Kier molecular flexibility index (Phi) is 8.41. The quantitative estimate of drug-likeness (QED) is 0.372. The summed E-state index contributed by atoms with van der Waals surface area (Å²) in [5, 5.41) is 4.47. The molecule has 0 aliphatic rings. The second-order valence-electron chi connectivity index (χ2n) is 8.51. The van der Waals surface area contributed by atoms with Crippen molar-refractivity contribution < 1.29 is 22.7 Å². The number of ether oxygens (including phenoxy) is 1. The fourth-order valence-electron chi connectivity index (χ4n) is 3.66. The van der Waals surface area contributed by atoms with E-state index in [0.29, 0.717) is 28.9 Å². The number of unbranched alkanes of at least 4 members (excludes halogenated alkanes) is 1. The van der Waals surface area contributed by atoms with Crippen molar-refractivity contribution in [3.8, 4) is 5.88 Å². The lowest BCUT2D eigenvalue weighted by atomic mass is 9.91. The number of carbonyl (C=O) groups excluding carboxylic acids is 2. The number of allylic oxidation sites excluding steroid dienone is 2. The molecule has 0 unspecified atom stereocenters. The summed E-state index contributed by atoms with van der Waals surface area (Å²) >= 11 is 0. The maximum atomic E-state index is 13.8. The number of sulfone groups is 1. The first-order chi connectivity index (χ1) is 15.3. The third kappa shape index (κ3) is 5.61. The van der Waals surface area contributed by atoms with E-state index in [1.807, 2.05) is 27.7 Å². The summed E-state index contributed by atoms with van der Waals surface area (Å²) in [6.45, 7) is 13.4. The molecule has 0 saturated heterocycles. The number of carbonyl (C=O) groups is 2. The predicted molar refractivity (Wildman–Crippen MR) is 129 cm³/mol. The van der Waals surface area contributed by atoms with Crippen LogP contribution in [0.4, 0.5) is 0 Å². The van der Waals surface area contributed by atoms with Crippen molar-refractivity contribution in [1.82, 2.24) is 9.78 Å². The first kappa shape index (κ1) is 26.5. The fourth-order valence-corrected chi connectivity index (χ4v) is 4.65. The van der Waals surface area contributed by atoms with Crippen LogP contribution >= 0.6 is 0 Å². The highest BCUT2D eigenvalue weighted by Crippen LogP contribution is 2.34. The molecule has 0 fully saturated rings. The summed E-state index contributed by atoms with van der Waals surface area (Å²) in [7, 11) is -3.51. The van der Waals surface area contributed by atoms with Crippen LogP contribution in [0.1, 0.15) is 86.6 Å². The lowest BCUT2D eigenvalue weighted by Gasteiger charge is -2.17. The second kappa shape index (κ2) is 10.5. The first-order valence-electron chi connectivity index (χ1n) is 11.2. The van der Waals surface area contributed by atoms with E-state index in [0.717, 1.165) is 30.2 Å². The van der Waals surface area contributed by atoms with Crippen molar-refractivity contribution in [3.63, 3.8) is 0 Å². The number of hydrogen-bond donors (Lipinski definition) is 0. The fraction of sp³-hybridized carbons (Fsp3) is 0.480. The van der Waals surface area contributed by atoms with Gasteiger partial charge in [0.05, 0.1) is 10.6 Å². The minimum absolute atomic E-state index is 0.143. The Labute approximate surface area is 196 Å². The van der Waals surface area contributed by atoms with Crippen molar-refractivity contribution in [2.75, 3.05) is 6.26 Å². The van der Waals surface area contributed by atoms with E-state index in [-0.39, 0.29) is 28.5 Å². The standard InChI is InChI=1S/C25H34N2O5S/c1-9-11-14-27-25(32-21(28)10-2)23(18(7)26-27)24(29)19-12-13-20(33(8,30)31)22(17(19)6)16(5)15(3)4/h12-13H,9-11,14H2,1-8H3. The number of esters is 1. The molecule has 0 aliphatic carbocycles. The number of benzene rings is 1. The lowest BCUT2D eigenvalue weighted by Crippen LogP contribution is -2.15. The maximum absolute atomic E-state index is 13.8. The van der Waals surface area contributed by atoms with Crippen molar-refractivity contribution >= 4 is 27.2 Å². The van der Waals surface area contributed by atoms with Gasteiger partial charge in [-0.3, -0.25) is 9.59 Å². The third-order valence-electron chi connectivity index (χ3n) is 5.73. The van der Waals surface area contributed by atoms with Crippen LogP contribution in [-0.4, -0.2) is 36.2 Å². The summed E-state index contributed by atoms with van der Waals surface area (Å²) in [4.78, 5) is 26.1. The first-order valence-corrected chi connectivity index (χ1v) is 13.0. The maximum Gasteiger partial charge on any atom is 0.312 e. The summed E-state index contributed by atoms with van der Waals surface area (Å²) < 4.78 is 32.1. The van der Waals surface area contributed by atoms with Gasteiger partial charge in [0, 0.05) is 24.8 Å². The van der Waals surface area contributed by atoms with Crippen LogP contribution in [0.15, 0.2) is 22.6 Å². The Morgan fingerprint density at radius 2 is 1.70 bits per heavy atom. The molecule has 1 heterocycles. The Bertz CT molecular complexity index is 1220. The van der Waals surface area contributed by atoms with Crippen molar-refractivity contribution in [3.05, 3.63) is 45.7 Å². The van der Waals surface area contributed by atoms with Crippen LogP contribution in [0.25, 0.3) is 5.57 Å². The second-order valence-corrected chi connectivity index (χ2v) is 10.5. The highest BCUT2D eigenvalue weighted by molar-refractivity contribution is 7.90. The van der Waals surface area contributed by atoms with Crippen LogP contribution in [0, 0.1) is 13.8 Å². The molecule has 33 heavy (non-hydrogen) atoms.